The molecule has 11 rings (SSSR count). The molecule has 0 saturated heterocycles. The van der Waals surface area contributed by atoms with E-state index in [0.717, 1.165) is 67.5 Å². The summed E-state index contributed by atoms with van der Waals surface area (Å²) < 4.78 is 12.6. The van der Waals surface area contributed by atoms with E-state index in [2.05, 4.69) is 109 Å². The van der Waals surface area contributed by atoms with Gasteiger partial charge in [-0.05, 0) is 75.1 Å². The fourth-order valence-electron chi connectivity index (χ4n) is 7.88. The van der Waals surface area contributed by atoms with Gasteiger partial charge in [-0.1, -0.05) is 109 Å². The van der Waals surface area contributed by atoms with Crippen LogP contribution in [-0.4, -0.2) is 15.0 Å². The van der Waals surface area contributed by atoms with Gasteiger partial charge in [-0.25, -0.2) is 15.0 Å². The Hall–Kier alpha value is -6.59. The summed E-state index contributed by atoms with van der Waals surface area (Å²) >= 11 is 0. The maximum atomic E-state index is 6.32. The first-order valence-corrected chi connectivity index (χ1v) is 17.0. The summed E-state index contributed by atoms with van der Waals surface area (Å²) in [7, 11) is 0. The van der Waals surface area contributed by atoms with Crippen LogP contribution in [0.3, 0.4) is 0 Å². The lowest BCUT2D eigenvalue weighted by Gasteiger charge is -2.15. The standard InChI is InChI=1S/C45H27N3O2/c1-2-9-31-26(8-1)16-17-27-18-19-28-24-29(20-22-32(28)41(27)31)43-46-44(30-21-23-34-33-10-3-5-13-37(33)50-40(34)25-30)48-45(47-43)36-12-7-15-39-42(36)35-11-4-6-14-38(35)49-39/h1-10,12-25,35H,11H2. The molecular weight excluding hydrogens is 615 g/mol. The number of rotatable bonds is 3. The minimum Gasteiger partial charge on any atom is -0.461 e. The average Bonchev–Trinajstić information content (AvgIpc) is 3.75. The maximum absolute atomic E-state index is 6.32. The smallest absolute Gasteiger partial charge is 0.164 e. The number of allylic oxidation sites excluding steroid dienone is 4. The van der Waals surface area contributed by atoms with E-state index in [0.29, 0.717) is 17.5 Å². The van der Waals surface area contributed by atoms with Crippen LogP contribution in [0.1, 0.15) is 17.9 Å². The zero-order valence-electron chi connectivity index (χ0n) is 26.8. The summed E-state index contributed by atoms with van der Waals surface area (Å²) in [6.07, 6.45) is 7.19. The van der Waals surface area contributed by atoms with Crippen LogP contribution in [-0.2, 0) is 0 Å². The van der Waals surface area contributed by atoms with E-state index in [1.807, 2.05) is 36.4 Å². The zero-order chi connectivity index (χ0) is 32.8. The molecule has 5 heteroatoms. The predicted octanol–water partition coefficient (Wildman–Crippen LogP) is 11.6. The van der Waals surface area contributed by atoms with Crippen molar-refractivity contribution in [3.8, 4) is 39.9 Å². The lowest BCUT2D eigenvalue weighted by Crippen LogP contribution is -2.04. The largest absolute Gasteiger partial charge is 0.461 e. The Bertz CT molecular complexity index is 2950. The fraction of sp³-hybridized carbons (Fsp3) is 0.0444. The third kappa shape index (κ3) is 4.10. The van der Waals surface area contributed by atoms with Crippen molar-refractivity contribution in [2.24, 2.45) is 0 Å². The van der Waals surface area contributed by atoms with Gasteiger partial charge in [0.2, 0.25) is 0 Å². The molecule has 0 bridgehead atoms. The lowest BCUT2D eigenvalue weighted by atomic mass is 9.88. The first kappa shape index (κ1) is 27.4. The Morgan fingerprint density at radius 1 is 0.540 bits per heavy atom. The topological polar surface area (TPSA) is 61.0 Å². The van der Waals surface area contributed by atoms with Crippen LogP contribution in [0.25, 0.3) is 88.4 Å². The number of hydrogen-bond donors (Lipinski definition) is 0. The minimum atomic E-state index is 0.130. The Kier molecular flexibility index (Phi) is 5.72. The van der Waals surface area contributed by atoms with Gasteiger partial charge in [0.1, 0.15) is 22.7 Å². The Labute approximate surface area is 286 Å². The molecule has 7 aromatic carbocycles. The van der Waals surface area contributed by atoms with Crippen LogP contribution in [0.15, 0.2) is 156 Å². The molecular formula is C45H27N3O2. The van der Waals surface area contributed by atoms with Crippen molar-refractivity contribution >= 4 is 54.3 Å². The molecule has 2 aliphatic rings. The monoisotopic (exact) mass is 641 g/mol. The highest BCUT2D eigenvalue weighted by Crippen LogP contribution is 2.48. The molecule has 0 amide bonds. The molecule has 50 heavy (non-hydrogen) atoms. The van der Waals surface area contributed by atoms with E-state index in [1.165, 1.54) is 26.9 Å². The van der Waals surface area contributed by atoms with E-state index in [4.69, 9.17) is 24.1 Å². The third-order valence-electron chi connectivity index (χ3n) is 10.3. The van der Waals surface area contributed by atoms with E-state index in [-0.39, 0.29) is 5.92 Å². The number of ether oxygens (including phenoxy) is 1. The molecule has 5 nitrogen and oxygen atoms in total. The van der Waals surface area contributed by atoms with Crippen molar-refractivity contribution in [1.82, 2.24) is 15.0 Å². The first-order chi connectivity index (χ1) is 24.7. The molecule has 0 N–H and O–H groups in total. The number of nitrogens with zero attached hydrogens (tertiary/aromatic N) is 3. The van der Waals surface area contributed by atoms with Crippen LogP contribution in [0.5, 0.6) is 5.75 Å². The minimum absolute atomic E-state index is 0.130. The van der Waals surface area contributed by atoms with Crippen molar-refractivity contribution in [1.29, 1.82) is 0 Å². The fourth-order valence-corrected chi connectivity index (χ4v) is 7.88. The van der Waals surface area contributed by atoms with Gasteiger partial charge in [0.25, 0.3) is 0 Å². The second kappa shape index (κ2) is 10.5. The number of aromatic nitrogens is 3. The molecule has 1 atom stereocenters. The number of para-hydroxylation sites is 1. The third-order valence-corrected chi connectivity index (χ3v) is 10.3. The summed E-state index contributed by atoms with van der Waals surface area (Å²) in [5.41, 5.74) is 5.53. The van der Waals surface area contributed by atoms with Gasteiger partial charge in [0, 0.05) is 33.0 Å². The lowest BCUT2D eigenvalue weighted by molar-refractivity contribution is 0.425. The van der Waals surface area contributed by atoms with Crippen molar-refractivity contribution in [2.75, 3.05) is 0 Å². The molecule has 0 fully saturated rings. The van der Waals surface area contributed by atoms with Crippen LogP contribution in [0, 0.1) is 0 Å². The second-order valence-electron chi connectivity index (χ2n) is 13.1. The maximum Gasteiger partial charge on any atom is 0.164 e. The van der Waals surface area contributed by atoms with Gasteiger partial charge < -0.3 is 9.15 Å². The second-order valence-corrected chi connectivity index (χ2v) is 13.1. The molecule has 0 spiro atoms. The summed E-state index contributed by atoms with van der Waals surface area (Å²) in [5.74, 6) is 3.79. The van der Waals surface area contributed by atoms with E-state index in [1.54, 1.807) is 0 Å². The van der Waals surface area contributed by atoms with Crippen LogP contribution in [0.4, 0.5) is 0 Å². The van der Waals surface area contributed by atoms with Gasteiger partial charge >= 0.3 is 0 Å². The van der Waals surface area contributed by atoms with Crippen LogP contribution in [0.2, 0.25) is 0 Å². The number of fused-ring (bicyclic) bond motifs is 11. The van der Waals surface area contributed by atoms with Crippen molar-refractivity contribution in [3.05, 3.63) is 157 Å². The average molecular weight is 642 g/mol. The molecule has 9 aromatic rings. The summed E-state index contributed by atoms with van der Waals surface area (Å²) in [6.45, 7) is 0. The quantitative estimate of drug-likeness (QED) is 0.180. The highest BCUT2D eigenvalue weighted by Gasteiger charge is 2.33. The van der Waals surface area contributed by atoms with Gasteiger partial charge in [-0.15, -0.1) is 0 Å². The molecule has 0 saturated carbocycles. The van der Waals surface area contributed by atoms with Crippen molar-refractivity contribution in [2.45, 2.75) is 12.3 Å². The van der Waals surface area contributed by atoms with E-state index < -0.39 is 0 Å². The molecule has 1 aliphatic carbocycles. The van der Waals surface area contributed by atoms with Gasteiger partial charge in [-0.3, -0.25) is 0 Å². The number of hydrogen-bond acceptors (Lipinski definition) is 5. The first-order valence-electron chi connectivity index (χ1n) is 17.0. The summed E-state index contributed by atoms with van der Waals surface area (Å²) in [5, 5.41) is 9.46. The van der Waals surface area contributed by atoms with Crippen LogP contribution < -0.4 is 4.74 Å². The molecule has 0 radical (unpaired) electrons. The van der Waals surface area contributed by atoms with Crippen LogP contribution >= 0.6 is 0 Å². The normalized spacial score (nSPS) is 15.1. The molecule has 3 heterocycles. The predicted molar refractivity (Wildman–Crippen MR) is 201 cm³/mol. The molecule has 1 aliphatic heterocycles. The van der Waals surface area contributed by atoms with Gasteiger partial charge in [0.15, 0.2) is 17.5 Å². The Balaban J connectivity index is 1.13. The number of benzene rings is 7. The van der Waals surface area contributed by atoms with Crippen molar-refractivity contribution in [3.63, 3.8) is 0 Å². The van der Waals surface area contributed by atoms with Crippen molar-refractivity contribution < 1.29 is 9.15 Å². The van der Waals surface area contributed by atoms with Gasteiger partial charge in [-0.2, -0.15) is 0 Å². The SMILES string of the molecule is C1=CCC2C(=C1)Oc1cccc(-c3nc(-c4ccc5c(ccc6ccc7ccccc7c65)c4)nc(-c4ccc5c(c4)oc4ccccc45)n3)c12. The zero-order valence-corrected chi connectivity index (χ0v) is 26.8. The summed E-state index contributed by atoms with van der Waals surface area (Å²) in [4.78, 5) is 15.5. The molecule has 1 unspecified atom stereocenters. The van der Waals surface area contributed by atoms with E-state index in [9.17, 15) is 0 Å². The highest BCUT2D eigenvalue weighted by atomic mass is 16.5. The summed E-state index contributed by atoms with van der Waals surface area (Å²) in [6, 6.07) is 44.4. The highest BCUT2D eigenvalue weighted by molar-refractivity contribution is 6.20. The Morgan fingerprint density at radius 3 is 2.14 bits per heavy atom. The van der Waals surface area contributed by atoms with E-state index >= 15 is 0 Å². The van der Waals surface area contributed by atoms with Gasteiger partial charge in [0.05, 0.1) is 5.92 Å². The Morgan fingerprint density at radius 2 is 1.24 bits per heavy atom. The molecule has 234 valence electrons. The molecule has 2 aromatic heterocycles. The number of furan rings is 1.